The summed E-state index contributed by atoms with van der Waals surface area (Å²) in [6, 6.07) is 7.42. The Labute approximate surface area is 159 Å². The smallest absolute Gasteiger partial charge is 0.359 e. The van der Waals surface area contributed by atoms with Crippen LogP contribution in [-0.2, 0) is 10.3 Å². The van der Waals surface area contributed by atoms with Crippen LogP contribution in [0, 0.1) is 0 Å². The van der Waals surface area contributed by atoms with Crippen molar-refractivity contribution >= 4 is 17.7 Å². The number of imidazole rings is 1. The van der Waals surface area contributed by atoms with Gasteiger partial charge < -0.3 is 9.64 Å². The molecule has 3 rings (SSSR count). The van der Waals surface area contributed by atoms with Crippen LogP contribution in [0.15, 0.2) is 30.6 Å². The van der Waals surface area contributed by atoms with Gasteiger partial charge in [0, 0.05) is 14.1 Å². The Bertz CT molecular complexity index is 906. The van der Waals surface area contributed by atoms with Gasteiger partial charge in [0.25, 0.3) is 0 Å². The predicted octanol–water partition coefficient (Wildman–Crippen LogP) is 3.56. The number of carbonyl (C=O) groups excluding carboxylic acids is 2. The Morgan fingerprint density at radius 1 is 1.11 bits per heavy atom. The number of nitrogens with zero attached hydrogens (tertiary/aromatic N) is 4. The van der Waals surface area contributed by atoms with Crippen molar-refractivity contribution in [3.05, 3.63) is 42.0 Å². The first kappa shape index (κ1) is 18.9. The number of esters is 1. The quantitative estimate of drug-likeness (QED) is 0.720. The number of carbonyl (C=O) groups is 2. The van der Waals surface area contributed by atoms with Crippen LogP contribution in [0.25, 0.3) is 5.69 Å². The van der Waals surface area contributed by atoms with Crippen LogP contribution >= 0.6 is 0 Å². The molecule has 0 radical (unpaired) electrons. The highest BCUT2D eigenvalue weighted by atomic mass is 16.6. The summed E-state index contributed by atoms with van der Waals surface area (Å²) in [6.07, 6.45) is 1.62. The monoisotopic (exact) mass is 370 g/mol. The van der Waals surface area contributed by atoms with Crippen LogP contribution in [0.5, 0.6) is 0 Å². The maximum atomic E-state index is 13.0. The number of aromatic nitrogens is 2. The molecule has 0 bridgehead atoms. The van der Waals surface area contributed by atoms with E-state index in [1.807, 2.05) is 63.5 Å². The lowest BCUT2D eigenvalue weighted by atomic mass is 9.92. The van der Waals surface area contributed by atoms with Crippen molar-refractivity contribution in [2.75, 3.05) is 19.0 Å². The van der Waals surface area contributed by atoms with Crippen molar-refractivity contribution in [3.8, 4) is 5.69 Å². The molecule has 1 aromatic heterocycles. The molecule has 0 saturated carbocycles. The molecule has 1 aliphatic rings. The summed E-state index contributed by atoms with van der Waals surface area (Å²) >= 11 is 0. The van der Waals surface area contributed by atoms with Gasteiger partial charge in [-0.1, -0.05) is 12.1 Å². The minimum Gasteiger partial charge on any atom is -0.455 e. The van der Waals surface area contributed by atoms with Crippen LogP contribution in [0.3, 0.4) is 0 Å². The van der Waals surface area contributed by atoms with E-state index in [0.29, 0.717) is 5.69 Å². The highest BCUT2D eigenvalue weighted by molar-refractivity contribution is 5.98. The summed E-state index contributed by atoms with van der Waals surface area (Å²) in [4.78, 5) is 33.4. The third-order valence-electron chi connectivity index (χ3n) is 4.45. The summed E-state index contributed by atoms with van der Waals surface area (Å²) < 4.78 is 7.41. The molecule has 0 fully saturated rings. The molecule has 2 heterocycles. The molecule has 0 unspecified atom stereocenters. The molecule has 0 aliphatic carbocycles. The minimum atomic E-state index is -0.807. The molecule has 0 atom stereocenters. The van der Waals surface area contributed by atoms with Crippen LogP contribution in [0.1, 0.15) is 50.8 Å². The number of ether oxygens (including phenoxy) is 1. The molecule has 144 valence electrons. The Balaban J connectivity index is 2.23. The molecule has 7 nitrogen and oxygen atoms in total. The second-order valence-corrected chi connectivity index (χ2v) is 8.37. The lowest BCUT2D eigenvalue weighted by Gasteiger charge is -2.44. The molecule has 1 aliphatic heterocycles. The molecule has 0 saturated heterocycles. The zero-order valence-electron chi connectivity index (χ0n) is 16.9. The van der Waals surface area contributed by atoms with Crippen LogP contribution < -0.4 is 4.90 Å². The third kappa shape index (κ3) is 3.07. The largest absolute Gasteiger partial charge is 0.455 e. The first-order chi connectivity index (χ1) is 12.4. The summed E-state index contributed by atoms with van der Waals surface area (Å²) in [7, 11) is 3.42. The van der Waals surface area contributed by atoms with Crippen molar-refractivity contribution < 1.29 is 14.3 Å². The van der Waals surface area contributed by atoms with Gasteiger partial charge in [-0.3, -0.25) is 9.47 Å². The zero-order chi connectivity index (χ0) is 20.1. The van der Waals surface area contributed by atoms with Gasteiger partial charge in [0.2, 0.25) is 0 Å². The standard InChI is InChI=1S/C20H26N4O3/c1-19(2,3)27-17(25)15-16-20(4,5)24(18(26)22(6)7)14-11-9-8-10-13(14)23(16)12-21-15/h8-12H,1-7H3. The maximum absolute atomic E-state index is 13.0. The van der Waals surface area contributed by atoms with Gasteiger partial charge in [0.15, 0.2) is 5.69 Å². The van der Waals surface area contributed by atoms with Crippen molar-refractivity contribution in [1.82, 2.24) is 14.5 Å². The third-order valence-corrected chi connectivity index (χ3v) is 4.45. The number of anilines is 1. The van der Waals surface area contributed by atoms with E-state index in [0.717, 1.165) is 11.4 Å². The van der Waals surface area contributed by atoms with Crippen molar-refractivity contribution in [3.63, 3.8) is 0 Å². The predicted molar refractivity (Wildman–Crippen MR) is 103 cm³/mol. The normalized spacial score (nSPS) is 15.0. The van der Waals surface area contributed by atoms with E-state index in [2.05, 4.69) is 4.98 Å². The molecule has 27 heavy (non-hydrogen) atoms. The first-order valence-electron chi connectivity index (χ1n) is 8.87. The number of hydrogen-bond acceptors (Lipinski definition) is 4. The second kappa shape index (κ2) is 6.11. The van der Waals surface area contributed by atoms with E-state index in [9.17, 15) is 9.59 Å². The molecule has 2 amide bonds. The van der Waals surface area contributed by atoms with Gasteiger partial charge >= 0.3 is 12.0 Å². The highest BCUT2D eigenvalue weighted by Gasteiger charge is 2.45. The van der Waals surface area contributed by atoms with Gasteiger partial charge in [0.05, 0.1) is 22.6 Å². The molecule has 1 aromatic carbocycles. The van der Waals surface area contributed by atoms with Crippen LogP contribution in [0.2, 0.25) is 0 Å². The maximum Gasteiger partial charge on any atom is 0.359 e. The van der Waals surface area contributed by atoms with E-state index < -0.39 is 17.1 Å². The molecule has 7 heteroatoms. The lowest BCUT2D eigenvalue weighted by Crippen LogP contribution is -2.53. The van der Waals surface area contributed by atoms with Crippen molar-refractivity contribution in [1.29, 1.82) is 0 Å². The van der Waals surface area contributed by atoms with Gasteiger partial charge in [-0.2, -0.15) is 0 Å². The molecule has 0 N–H and O–H groups in total. The molecular weight excluding hydrogens is 344 g/mol. The van der Waals surface area contributed by atoms with E-state index >= 15 is 0 Å². The van der Waals surface area contributed by atoms with Gasteiger partial charge in [-0.05, 0) is 46.8 Å². The summed E-state index contributed by atoms with van der Waals surface area (Å²) in [6.45, 7) is 9.26. The van der Waals surface area contributed by atoms with Crippen molar-refractivity contribution in [2.45, 2.75) is 45.8 Å². The van der Waals surface area contributed by atoms with Gasteiger partial charge in [-0.15, -0.1) is 0 Å². The van der Waals surface area contributed by atoms with E-state index in [4.69, 9.17) is 4.74 Å². The van der Waals surface area contributed by atoms with E-state index in [1.54, 1.807) is 25.3 Å². The lowest BCUT2D eigenvalue weighted by molar-refractivity contribution is 0.00601. The topological polar surface area (TPSA) is 67.7 Å². The SMILES string of the molecule is CN(C)C(=O)N1c2ccccc2-n2cnc(C(=O)OC(C)(C)C)c2C1(C)C. The van der Waals surface area contributed by atoms with Gasteiger partial charge in [-0.25, -0.2) is 14.6 Å². The Morgan fingerprint density at radius 2 is 1.70 bits per heavy atom. The van der Waals surface area contributed by atoms with Crippen LogP contribution in [0.4, 0.5) is 10.5 Å². The Kier molecular flexibility index (Phi) is 4.29. The number of fused-ring (bicyclic) bond motifs is 3. The van der Waals surface area contributed by atoms with Crippen LogP contribution in [-0.4, -0.2) is 46.1 Å². The minimum absolute atomic E-state index is 0.171. The first-order valence-corrected chi connectivity index (χ1v) is 8.87. The number of hydrogen-bond donors (Lipinski definition) is 0. The zero-order valence-corrected chi connectivity index (χ0v) is 16.9. The fourth-order valence-electron chi connectivity index (χ4n) is 3.40. The van der Waals surface area contributed by atoms with Gasteiger partial charge in [0.1, 0.15) is 11.9 Å². The van der Waals surface area contributed by atoms with E-state index in [-0.39, 0.29) is 11.7 Å². The summed E-state index contributed by atoms with van der Waals surface area (Å²) in [5.41, 5.74) is 0.972. The fourth-order valence-corrected chi connectivity index (χ4v) is 3.40. The number of para-hydroxylation sites is 2. The highest BCUT2D eigenvalue weighted by Crippen LogP contribution is 2.44. The number of urea groups is 1. The number of benzene rings is 1. The number of rotatable bonds is 1. The Morgan fingerprint density at radius 3 is 2.26 bits per heavy atom. The Hall–Kier alpha value is -2.83. The summed E-state index contributed by atoms with van der Waals surface area (Å²) in [5.74, 6) is -0.499. The summed E-state index contributed by atoms with van der Waals surface area (Å²) in [5, 5.41) is 0. The average Bonchev–Trinajstić information content (AvgIpc) is 2.99. The van der Waals surface area contributed by atoms with Crippen molar-refractivity contribution in [2.24, 2.45) is 0 Å². The second-order valence-electron chi connectivity index (χ2n) is 8.37. The molecule has 0 spiro atoms. The molecule has 2 aromatic rings. The van der Waals surface area contributed by atoms with E-state index in [1.165, 1.54) is 4.90 Å². The number of amides is 2. The fraction of sp³-hybridized carbons (Fsp3) is 0.450. The molecular formula is C20H26N4O3. The average molecular weight is 370 g/mol.